The molecule has 0 saturated carbocycles. The van der Waals surface area contributed by atoms with E-state index in [-0.39, 0.29) is 14.9 Å². The van der Waals surface area contributed by atoms with Gasteiger partial charge in [0.15, 0.2) is 0 Å². The van der Waals surface area contributed by atoms with Crippen molar-refractivity contribution in [3.05, 3.63) is 28.2 Å². The van der Waals surface area contributed by atoms with Gasteiger partial charge >= 0.3 is 0 Å². The highest BCUT2D eigenvalue weighted by Gasteiger charge is 2.23. The molecule has 0 radical (unpaired) electrons. The number of hydrogen-bond donors (Lipinski definition) is 3. The van der Waals surface area contributed by atoms with Gasteiger partial charge in [-0.3, -0.25) is 10.2 Å². The Hall–Kier alpha value is -0.860. The summed E-state index contributed by atoms with van der Waals surface area (Å²) < 4.78 is 26.1. The Morgan fingerprint density at radius 1 is 1.39 bits per heavy atom. The highest BCUT2D eigenvalue weighted by Crippen LogP contribution is 2.24. The summed E-state index contributed by atoms with van der Waals surface area (Å²) in [4.78, 5) is 10.9. The monoisotopic (exact) mass is 311 g/mol. The molecule has 0 aliphatic carbocycles. The number of carbonyl (C=O) groups excluding carboxylic acids is 1. The van der Waals surface area contributed by atoms with Gasteiger partial charge < -0.3 is 0 Å². The quantitative estimate of drug-likeness (QED) is 0.431. The summed E-state index contributed by atoms with van der Waals surface area (Å²) in [5.74, 6) is 4.23. The molecule has 1 aromatic carbocycles. The van der Waals surface area contributed by atoms with Gasteiger partial charge in [-0.05, 0) is 25.1 Å². The molecule has 6 nitrogen and oxygen atoms in total. The zero-order valence-electron chi connectivity index (χ0n) is 9.28. The maximum absolute atomic E-state index is 12.0. The number of amides is 1. The molecule has 0 aliphatic heterocycles. The van der Waals surface area contributed by atoms with E-state index in [4.69, 9.17) is 29.0 Å². The minimum atomic E-state index is -3.95. The molecule has 9 heteroatoms. The number of hydrazine groups is 1. The van der Waals surface area contributed by atoms with Crippen LogP contribution in [0, 0.1) is 0 Å². The second kappa shape index (κ2) is 5.85. The molecule has 4 N–H and O–H groups in total. The van der Waals surface area contributed by atoms with Crippen molar-refractivity contribution in [3.63, 3.8) is 0 Å². The van der Waals surface area contributed by atoms with Crippen molar-refractivity contribution >= 4 is 39.1 Å². The van der Waals surface area contributed by atoms with Gasteiger partial charge in [-0.15, -0.1) is 0 Å². The number of carbonyl (C=O) groups is 1. The van der Waals surface area contributed by atoms with Gasteiger partial charge in [0.25, 0.3) is 5.91 Å². The van der Waals surface area contributed by atoms with Crippen molar-refractivity contribution < 1.29 is 13.2 Å². The van der Waals surface area contributed by atoms with Crippen LogP contribution in [-0.4, -0.2) is 20.4 Å². The topological polar surface area (TPSA) is 101 Å². The molecule has 100 valence electrons. The number of sulfonamides is 1. The SMILES string of the molecule is CC(NS(=O)(=O)c1cc(Cl)ccc1Cl)C(=O)NN. The first-order chi connectivity index (χ1) is 8.27. The number of rotatable bonds is 4. The van der Waals surface area contributed by atoms with Crippen molar-refractivity contribution in [3.8, 4) is 0 Å². The molecule has 1 unspecified atom stereocenters. The fourth-order valence-corrected chi connectivity index (χ4v) is 3.12. The third-order valence-corrected chi connectivity index (χ3v) is 4.31. The van der Waals surface area contributed by atoms with E-state index in [1.54, 1.807) is 0 Å². The Morgan fingerprint density at radius 3 is 2.56 bits per heavy atom. The molecule has 0 heterocycles. The first kappa shape index (κ1) is 15.2. The van der Waals surface area contributed by atoms with Crippen LogP contribution < -0.4 is 16.0 Å². The lowest BCUT2D eigenvalue weighted by Gasteiger charge is -2.13. The lowest BCUT2D eigenvalue weighted by molar-refractivity contribution is -0.122. The van der Waals surface area contributed by atoms with Crippen LogP contribution in [0.2, 0.25) is 10.0 Å². The predicted octanol–water partition coefficient (Wildman–Crippen LogP) is 0.650. The van der Waals surface area contributed by atoms with Crippen LogP contribution >= 0.6 is 23.2 Å². The lowest BCUT2D eigenvalue weighted by atomic mass is 10.3. The van der Waals surface area contributed by atoms with Crippen LogP contribution in [0.3, 0.4) is 0 Å². The van der Waals surface area contributed by atoms with Crippen LogP contribution in [0.4, 0.5) is 0 Å². The molecule has 1 amide bonds. The smallest absolute Gasteiger partial charge is 0.251 e. The molecule has 0 aromatic heterocycles. The fourth-order valence-electron chi connectivity index (χ4n) is 1.16. The summed E-state index contributed by atoms with van der Waals surface area (Å²) in [5.41, 5.74) is 1.84. The summed E-state index contributed by atoms with van der Waals surface area (Å²) in [6.45, 7) is 1.35. The van der Waals surface area contributed by atoms with Crippen molar-refractivity contribution in [2.75, 3.05) is 0 Å². The number of nitrogens with two attached hydrogens (primary N) is 1. The van der Waals surface area contributed by atoms with Gasteiger partial charge in [0, 0.05) is 5.02 Å². The predicted molar refractivity (Wildman–Crippen MR) is 68.6 cm³/mol. The molecule has 0 saturated heterocycles. The number of halogens is 2. The van der Waals surface area contributed by atoms with E-state index in [1.165, 1.54) is 25.1 Å². The van der Waals surface area contributed by atoms with Crippen LogP contribution in [0.25, 0.3) is 0 Å². The zero-order valence-corrected chi connectivity index (χ0v) is 11.6. The minimum absolute atomic E-state index is 0.00672. The highest BCUT2D eigenvalue weighted by molar-refractivity contribution is 7.89. The van der Waals surface area contributed by atoms with Gasteiger partial charge in [0.2, 0.25) is 10.0 Å². The number of nitrogens with one attached hydrogen (secondary N) is 2. The normalized spacial score (nSPS) is 13.1. The van der Waals surface area contributed by atoms with Crippen molar-refractivity contribution in [1.82, 2.24) is 10.1 Å². The van der Waals surface area contributed by atoms with Crippen molar-refractivity contribution in [2.45, 2.75) is 17.9 Å². The van der Waals surface area contributed by atoms with E-state index >= 15 is 0 Å². The second-order valence-corrected chi connectivity index (χ2v) is 5.95. The van der Waals surface area contributed by atoms with E-state index < -0.39 is 22.0 Å². The van der Waals surface area contributed by atoms with Gasteiger partial charge in [-0.1, -0.05) is 23.2 Å². The molecular formula is C9H11Cl2N3O3S. The lowest BCUT2D eigenvalue weighted by Crippen LogP contribution is -2.47. The summed E-state index contributed by atoms with van der Waals surface area (Å²) in [7, 11) is -3.95. The Labute approximate surface area is 114 Å². The average Bonchev–Trinajstić information content (AvgIpc) is 2.30. The van der Waals surface area contributed by atoms with Crippen LogP contribution in [-0.2, 0) is 14.8 Å². The molecule has 1 aromatic rings. The first-order valence-corrected chi connectivity index (χ1v) is 6.99. The van der Waals surface area contributed by atoms with Crippen LogP contribution in [0.1, 0.15) is 6.92 Å². The maximum Gasteiger partial charge on any atom is 0.251 e. The van der Waals surface area contributed by atoms with E-state index in [2.05, 4.69) is 4.72 Å². The molecule has 18 heavy (non-hydrogen) atoms. The zero-order chi connectivity index (χ0) is 13.9. The molecule has 1 rings (SSSR count). The van der Waals surface area contributed by atoms with E-state index in [0.29, 0.717) is 0 Å². The summed E-state index contributed by atoms with van der Waals surface area (Å²) >= 11 is 11.5. The van der Waals surface area contributed by atoms with Gasteiger partial charge in [0.1, 0.15) is 4.90 Å². The molecule has 1 atom stereocenters. The van der Waals surface area contributed by atoms with Crippen molar-refractivity contribution in [1.29, 1.82) is 0 Å². The van der Waals surface area contributed by atoms with Gasteiger partial charge in [0.05, 0.1) is 11.1 Å². The second-order valence-electron chi connectivity index (χ2n) is 3.43. The Bertz CT molecular complexity index is 562. The summed E-state index contributed by atoms with van der Waals surface area (Å²) in [6, 6.07) is 2.97. The third-order valence-electron chi connectivity index (χ3n) is 2.05. The standard InChI is InChI=1S/C9H11Cl2N3O3S/c1-5(9(15)13-12)14-18(16,17)8-4-6(10)2-3-7(8)11/h2-5,14H,12H2,1H3,(H,13,15). The Kier molecular flexibility index (Phi) is 4.94. The Balaban J connectivity index is 3.07. The molecular weight excluding hydrogens is 301 g/mol. The summed E-state index contributed by atoms with van der Waals surface area (Å²) in [5, 5.41) is 0.225. The fraction of sp³-hybridized carbons (Fsp3) is 0.222. The van der Waals surface area contributed by atoms with Gasteiger partial charge in [-0.2, -0.15) is 4.72 Å². The van der Waals surface area contributed by atoms with E-state index in [9.17, 15) is 13.2 Å². The largest absolute Gasteiger partial charge is 0.293 e. The molecule has 0 aliphatic rings. The molecule has 0 fully saturated rings. The van der Waals surface area contributed by atoms with Crippen LogP contribution in [0.5, 0.6) is 0 Å². The third kappa shape index (κ3) is 3.56. The molecule has 0 spiro atoms. The van der Waals surface area contributed by atoms with E-state index in [1.807, 2.05) is 5.43 Å². The Morgan fingerprint density at radius 2 is 2.00 bits per heavy atom. The van der Waals surface area contributed by atoms with E-state index in [0.717, 1.165) is 0 Å². The first-order valence-electron chi connectivity index (χ1n) is 4.76. The van der Waals surface area contributed by atoms with Gasteiger partial charge in [-0.25, -0.2) is 14.3 Å². The summed E-state index contributed by atoms with van der Waals surface area (Å²) in [6.07, 6.45) is 0. The maximum atomic E-state index is 12.0. The highest BCUT2D eigenvalue weighted by atomic mass is 35.5. The van der Waals surface area contributed by atoms with Crippen molar-refractivity contribution in [2.24, 2.45) is 5.84 Å². The average molecular weight is 312 g/mol. The number of benzene rings is 1. The minimum Gasteiger partial charge on any atom is -0.293 e. The number of hydrogen-bond acceptors (Lipinski definition) is 4. The molecule has 0 bridgehead atoms. The van der Waals surface area contributed by atoms with Crippen LogP contribution in [0.15, 0.2) is 23.1 Å².